The second-order valence-electron chi connectivity index (χ2n) is 6.81. The van der Waals surface area contributed by atoms with E-state index in [4.69, 9.17) is 0 Å². The van der Waals surface area contributed by atoms with Gasteiger partial charge < -0.3 is 15.5 Å². The average molecular weight is 323 g/mol. The number of carbonyl (C=O) groups excluding carboxylic acids is 1. The Morgan fingerprint density at radius 3 is 2.61 bits per heavy atom. The minimum atomic E-state index is 0.0343. The monoisotopic (exact) mass is 323 g/mol. The predicted molar refractivity (Wildman–Crippen MR) is 94.6 cm³/mol. The predicted octanol–water partition coefficient (Wildman–Crippen LogP) is 0.894. The van der Waals surface area contributed by atoms with Gasteiger partial charge in [0.25, 0.3) is 0 Å². The Balaban J connectivity index is 1.80. The van der Waals surface area contributed by atoms with Crippen molar-refractivity contribution in [1.82, 2.24) is 20.4 Å². The number of rotatable bonds is 6. The van der Waals surface area contributed by atoms with E-state index in [9.17, 15) is 4.79 Å². The first kappa shape index (κ1) is 18.0. The van der Waals surface area contributed by atoms with Crippen LogP contribution in [0.4, 0.5) is 0 Å². The van der Waals surface area contributed by atoms with Crippen LogP contribution in [0, 0.1) is 5.92 Å². The molecule has 2 saturated heterocycles. The number of amides is 1. The molecule has 2 aliphatic heterocycles. The first-order chi connectivity index (χ1) is 11.1. The van der Waals surface area contributed by atoms with Crippen LogP contribution in [0.1, 0.15) is 40.0 Å². The van der Waals surface area contributed by atoms with Crippen molar-refractivity contribution < 1.29 is 4.79 Å². The van der Waals surface area contributed by atoms with E-state index in [-0.39, 0.29) is 11.8 Å². The fraction of sp³-hybridized carbons (Fsp3) is 0.882. The van der Waals surface area contributed by atoms with Gasteiger partial charge >= 0.3 is 0 Å². The number of aliphatic imine (C=N–C) groups is 1. The maximum atomic E-state index is 11.6. The van der Waals surface area contributed by atoms with Gasteiger partial charge in [-0.05, 0) is 39.3 Å². The Morgan fingerprint density at radius 1 is 1.22 bits per heavy atom. The minimum absolute atomic E-state index is 0.0343. The van der Waals surface area contributed by atoms with Crippen molar-refractivity contribution in [2.24, 2.45) is 10.9 Å². The fourth-order valence-corrected chi connectivity index (χ4v) is 3.31. The third-order valence-electron chi connectivity index (χ3n) is 4.65. The maximum absolute atomic E-state index is 11.6. The van der Waals surface area contributed by atoms with Crippen LogP contribution in [0.2, 0.25) is 0 Å². The molecule has 23 heavy (non-hydrogen) atoms. The van der Waals surface area contributed by atoms with Crippen LogP contribution in [0.3, 0.4) is 0 Å². The molecule has 6 nitrogen and oxygen atoms in total. The summed E-state index contributed by atoms with van der Waals surface area (Å²) < 4.78 is 0. The van der Waals surface area contributed by atoms with Gasteiger partial charge in [-0.1, -0.05) is 13.8 Å². The van der Waals surface area contributed by atoms with E-state index in [1.807, 2.05) is 13.8 Å². The number of hydrogen-bond acceptors (Lipinski definition) is 3. The van der Waals surface area contributed by atoms with E-state index in [0.717, 1.165) is 25.6 Å². The summed E-state index contributed by atoms with van der Waals surface area (Å²) in [7, 11) is 0. The van der Waals surface area contributed by atoms with Crippen LogP contribution in [-0.4, -0.2) is 73.5 Å². The van der Waals surface area contributed by atoms with Crippen LogP contribution >= 0.6 is 0 Å². The third kappa shape index (κ3) is 5.37. The normalized spacial score (nSPS) is 22.9. The molecule has 0 saturated carbocycles. The molecule has 0 aromatic carbocycles. The molecule has 2 N–H and O–H groups in total. The van der Waals surface area contributed by atoms with Crippen molar-refractivity contribution in [1.29, 1.82) is 0 Å². The van der Waals surface area contributed by atoms with Gasteiger partial charge in [0.05, 0.1) is 6.54 Å². The van der Waals surface area contributed by atoms with Crippen molar-refractivity contribution in [3.63, 3.8) is 0 Å². The summed E-state index contributed by atoms with van der Waals surface area (Å²) in [5.74, 6) is 1.13. The van der Waals surface area contributed by atoms with Gasteiger partial charge in [-0.25, -0.2) is 0 Å². The van der Waals surface area contributed by atoms with Crippen molar-refractivity contribution in [3.05, 3.63) is 0 Å². The Labute approximate surface area is 140 Å². The van der Waals surface area contributed by atoms with Crippen LogP contribution < -0.4 is 10.6 Å². The molecule has 132 valence electrons. The topological polar surface area (TPSA) is 60.0 Å². The Hall–Kier alpha value is -1.30. The Bertz CT molecular complexity index is 404. The lowest BCUT2D eigenvalue weighted by Crippen LogP contribution is -2.43. The number of carbonyl (C=O) groups is 1. The molecule has 2 heterocycles. The maximum Gasteiger partial charge on any atom is 0.222 e. The summed E-state index contributed by atoms with van der Waals surface area (Å²) in [4.78, 5) is 21.3. The molecule has 0 aliphatic carbocycles. The van der Waals surface area contributed by atoms with E-state index >= 15 is 0 Å². The number of hydrogen-bond donors (Lipinski definition) is 2. The lowest BCUT2D eigenvalue weighted by Gasteiger charge is -2.25. The lowest BCUT2D eigenvalue weighted by atomic mass is 10.2. The summed E-state index contributed by atoms with van der Waals surface area (Å²) >= 11 is 0. The van der Waals surface area contributed by atoms with Crippen molar-refractivity contribution in [3.8, 4) is 0 Å². The zero-order chi connectivity index (χ0) is 16.7. The second-order valence-corrected chi connectivity index (χ2v) is 6.81. The quantitative estimate of drug-likeness (QED) is 0.433. The highest BCUT2D eigenvalue weighted by atomic mass is 16.1. The zero-order valence-corrected chi connectivity index (χ0v) is 15.0. The first-order valence-corrected chi connectivity index (χ1v) is 9.16. The first-order valence-electron chi connectivity index (χ1n) is 9.16. The summed E-state index contributed by atoms with van der Waals surface area (Å²) in [6, 6.07) is 0.682. The zero-order valence-electron chi connectivity index (χ0n) is 15.0. The van der Waals surface area contributed by atoms with Gasteiger partial charge in [-0.15, -0.1) is 0 Å². The van der Waals surface area contributed by atoms with Crippen molar-refractivity contribution in [2.45, 2.75) is 46.1 Å². The highest BCUT2D eigenvalue weighted by Crippen LogP contribution is 2.20. The molecule has 6 heteroatoms. The number of likely N-dealkylation sites (tertiary alicyclic amines) is 2. The van der Waals surface area contributed by atoms with Gasteiger partial charge in [0, 0.05) is 38.1 Å². The molecule has 1 amide bonds. The van der Waals surface area contributed by atoms with E-state index in [1.54, 1.807) is 0 Å². The highest BCUT2D eigenvalue weighted by molar-refractivity contribution is 5.80. The summed E-state index contributed by atoms with van der Waals surface area (Å²) in [6.45, 7) is 12.7. The van der Waals surface area contributed by atoms with Gasteiger partial charge in [0.1, 0.15) is 0 Å². The second kappa shape index (κ2) is 9.11. The molecule has 2 aliphatic rings. The molecule has 2 rings (SSSR count). The molecule has 0 radical (unpaired) electrons. The fourth-order valence-electron chi connectivity index (χ4n) is 3.31. The Morgan fingerprint density at radius 2 is 1.96 bits per heavy atom. The largest absolute Gasteiger partial charge is 0.357 e. The van der Waals surface area contributed by atoms with E-state index in [1.165, 1.54) is 32.4 Å². The number of nitrogens with one attached hydrogen (secondary N) is 2. The summed E-state index contributed by atoms with van der Waals surface area (Å²) in [5, 5.41) is 6.31. The molecule has 0 aromatic heterocycles. The van der Waals surface area contributed by atoms with Crippen LogP contribution in [0.25, 0.3) is 0 Å². The molecular formula is C17H33N5O. The molecule has 0 spiro atoms. The van der Waals surface area contributed by atoms with Crippen molar-refractivity contribution in [2.75, 3.05) is 45.8 Å². The number of nitrogens with zero attached hydrogens (tertiary/aromatic N) is 3. The number of guanidine groups is 1. The Kier molecular flexibility index (Phi) is 7.15. The average Bonchev–Trinajstić information content (AvgIpc) is 3.20. The standard InChI is InChI=1S/C17H33N5O/c1-4-18-17(20-9-8-19-16(23)14(2)3)22-12-7-15(13-22)21-10-5-6-11-21/h14-15H,4-13H2,1-3H3,(H,18,20)(H,19,23). The van der Waals surface area contributed by atoms with E-state index < -0.39 is 0 Å². The highest BCUT2D eigenvalue weighted by Gasteiger charge is 2.30. The SMILES string of the molecule is CCNC(=NCCNC(=O)C(C)C)N1CCC(N2CCCC2)C1. The van der Waals surface area contributed by atoms with Gasteiger partial charge in [-0.3, -0.25) is 14.7 Å². The molecule has 1 atom stereocenters. The molecule has 1 unspecified atom stereocenters. The lowest BCUT2D eigenvalue weighted by molar-refractivity contribution is -0.123. The molecule has 0 aromatic rings. The summed E-state index contributed by atoms with van der Waals surface area (Å²) in [6.07, 6.45) is 3.93. The van der Waals surface area contributed by atoms with Crippen LogP contribution in [0.5, 0.6) is 0 Å². The third-order valence-corrected chi connectivity index (χ3v) is 4.65. The van der Waals surface area contributed by atoms with E-state index in [2.05, 4.69) is 32.3 Å². The molecule has 2 fully saturated rings. The van der Waals surface area contributed by atoms with Gasteiger partial charge in [0.2, 0.25) is 5.91 Å². The van der Waals surface area contributed by atoms with Crippen LogP contribution in [-0.2, 0) is 4.79 Å². The minimum Gasteiger partial charge on any atom is -0.357 e. The smallest absolute Gasteiger partial charge is 0.222 e. The summed E-state index contributed by atoms with van der Waals surface area (Å²) in [5.41, 5.74) is 0. The molecule has 0 bridgehead atoms. The van der Waals surface area contributed by atoms with Crippen LogP contribution in [0.15, 0.2) is 4.99 Å². The molecular weight excluding hydrogens is 290 g/mol. The van der Waals surface area contributed by atoms with Gasteiger partial charge in [-0.2, -0.15) is 0 Å². The van der Waals surface area contributed by atoms with E-state index in [0.29, 0.717) is 19.1 Å². The van der Waals surface area contributed by atoms with Gasteiger partial charge in [0.15, 0.2) is 5.96 Å². The van der Waals surface area contributed by atoms with Crippen molar-refractivity contribution >= 4 is 11.9 Å².